The second-order valence-corrected chi connectivity index (χ2v) is 5.00. The van der Waals surface area contributed by atoms with Crippen LogP contribution in [-0.4, -0.2) is 19.3 Å². The van der Waals surface area contributed by atoms with Crippen LogP contribution in [0, 0.1) is 11.8 Å². The molecule has 2 nitrogen and oxygen atoms in total. The third kappa shape index (κ3) is 2.71. The van der Waals surface area contributed by atoms with Gasteiger partial charge in [-0.2, -0.15) is 0 Å². The van der Waals surface area contributed by atoms with Crippen molar-refractivity contribution in [2.24, 2.45) is 17.6 Å². The zero-order valence-electron chi connectivity index (χ0n) is 9.88. The third-order valence-electron chi connectivity index (χ3n) is 3.74. The molecular weight excluding hydrogens is 174 g/mol. The van der Waals surface area contributed by atoms with E-state index in [0.29, 0.717) is 12.5 Å². The molecule has 2 heteroatoms. The molecule has 1 aliphatic carbocycles. The van der Waals surface area contributed by atoms with E-state index < -0.39 is 0 Å². The Morgan fingerprint density at radius 2 is 2.00 bits per heavy atom. The lowest BCUT2D eigenvalue weighted by molar-refractivity contribution is 0.0591. The Kier molecular flexibility index (Phi) is 4.39. The molecule has 1 aliphatic rings. The van der Waals surface area contributed by atoms with Gasteiger partial charge in [0.05, 0.1) is 6.61 Å². The lowest BCUT2D eigenvalue weighted by Crippen LogP contribution is -2.51. The first-order valence-corrected chi connectivity index (χ1v) is 5.89. The van der Waals surface area contributed by atoms with Crippen molar-refractivity contribution in [1.29, 1.82) is 0 Å². The maximum Gasteiger partial charge on any atom is 0.0642 e. The second kappa shape index (κ2) is 5.13. The average molecular weight is 199 g/mol. The molecule has 84 valence electrons. The quantitative estimate of drug-likeness (QED) is 0.755. The van der Waals surface area contributed by atoms with E-state index in [1.807, 2.05) is 0 Å². The lowest BCUT2D eigenvalue weighted by Gasteiger charge is -2.41. The first-order valence-electron chi connectivity index (χ1n) is 5.89. The fraction of sp³-hybridized carbons (Fsp3) is 1.00. The SMILES string of the molecule is CCC1CCCCC1C(C)(N)COC. The fourth-order valence-electron chi connectivity index (χ4n) is 2.98. The second-order valence-electron chi connectivity index (χ2n) is 5.00. The molecule has 14 heavy (non-hydrogen) atoms. The van der Waals surface area contributed by atoms with Gasteiger partial charge >= 0.3 is 0 Å². The van der Waals surface area contributed by atoms with Crippen LogP contribution in [0.25, 0.3) is 0 Å². The summed E-state index contributed by atoms with van der Waals surface area (Å²) in [6, 6.07) is 0. The topological polar surface area (TPSA) is 35.2 Å². The van der Waals surface area contributed by atoms with Crippen molar-refractivity contribution >= 4 is 0 Å². The van der Waals surface area contributed by atoms with E-state index >= 15 is 0 Å². The molecule has 0 radical (unpaired) electrons. The molecule has 3 unspecified atom stereocenters. The van der Waals surface area contributed by atoms with Gasteiger partial charge in [0, 0.05) is 12.6 Å². The van der Waals surface area contributed by atoms with Gasteiger partial charge in [0.25, 0.3) is 0 Å². The van der Waals surface area contributed by atoms with Gasteiger partial charge in [-0.15, -0.1) is 0 Å². The molecule has 0 aliphatic heterocycles. The van der Waals surface area contributed by atoms with Gasteiger partial charge < -0.3 is 10.5 Å². The minimum Gasteiger partial charge on any atom is -0.383 e. The van der Waals surface area contributed by atoms with Crippen molar-refractivity contribution in [3.63, 3.8) is 0 Å². The molecule has 1 fully saturated rings. The maximum absolute atomic E-state index is 6.34. The number of ether oxygens (including phenoxy) is 1. The smallest absolute Gasteiger partial charge is 0.0642 e. The largest absolute Gasteiger partial charge is 0.383 e. The van der Waals surface area contributed by atoms with Gasteiger partial charge in [-0.1, -0.05) is 32.6 Å². The summed E-state index contributed by atoms with van der Waals surface area (Å²) in [4.78, 5) is 0. The van der Waals surface area contributed by atoms with Crippen LogP contribution < -0.4 is 5.73 Å². The van der Waals surface area contributed by atoms with Crippen LogP contribution in [-0.2, 0) is 4.74 Å². The Balaban J connectivity index is 2.61. The van der Waals surface area contributed by atoms with Gasteiger partial charge in [-0.25, -0.2) is 0 Å². The van der Waals surface area contributed by atoms with Crippen LogP contribution in [0.3, 0.4) is 0 Å². The number of rotatable bonds is 4. The molecule has 2 N–H and O–H groups in total. The first-order chi connectivity index (χ1) is 6.61. The van der Waals surface area contributed by atoms with E-state index in [1.54, 1.807) is 7.11 Å². The maximum atomic E-state index is 6.34. The van der Waals surface area contributed by atoms with Gasteiger partial charge in [0.2, 0.25) is 0 Å². The summed E-state index contributed by atoms with van der Waals surface area (Å²) in [5.74, 6) is 1.47. The van der Waals surface area contributed by atoms with Gasteiger partial charge in [0.1, 0.15) is 0 Å². The van der Waals surface area contributed by atoms with Crippen LogP contribution in [0.15, 0.2) is 0 Å². The first kappa shape index (κ1) is 12.0. The number of hydrogen-bond acceptors (Lipinski definition) is 2. The van der Waals surface area contributed by atoms with E-state index in [9.17, 15) is 0 Å². The van der Waals surface area contributed by atoms with Crippen molar-refractivity contribution in [2.45, 2.75) is 51.5 Å². The highest BCUT2D eigenvalue weighted by Crippen LogP contribution is 2.38. The number of methoxy groups -OCH3 is 1. The van der Waals surface area contributed by atoms with E-state index in [0.717, 1.165) is 5.92 Å². The summed E-state index contributed by atoms with van der Waals surface area (Å²) in [6.07, 6.45) is 6.64. The Morgan fingerprint density at radius 3 is 2.57 bits per heavy atom. The van der Waals surface area contributed by atoms with Crippen molar-refractivity contribution in [2.75, 3.05) is 13.7 Å². The summed E-state index contributed by atoms with van der Waals surface area (Å²) < 4.78 is 5.23. The molecular formula is C12H25NO. The van der Waals surface area contributed by atoms with Crippen LogP contribution >= 0.6 is 0 Å². The van der Waals surface area contributed by atoms with Crippen molar-refractivity contribution in [3.05, 3.63) is 0 Å². The van der Waals surface area contributed by atoms with E-state index in [1.165, 1.54) is 32.1 Å². The highest BCUT2D eigenvalue weighted by Gasteiger charge is 2.36. The Morgan fingerprint density at radius 1 is 1.36 bits per heavy atom. The van der Waals surface area contributed by atoms with Crippen molar-refractivity contribution in [3.8, 4) is 0 Å². The Bertz CT molecular complexity index is 168. The van der Waals surface area contributed by atoms with E-state index in [4.69, 9.17) is 10.5 Å². The third-order valence-corrected chi connectivity index (χ3v) is 3.74. The summed E-state index contributed by atoms with van der Waals surface area (Å²) in [5, 5.41) is 0. The van der Waals surface area contributed by atoms with E-state index in [-0.39, 0.29) is 5.54 Å². The molecule has 0 saturated heterocycles. The van der Waals surface area contributed by atoms with Gasteiger partial charge in [0.15, 0.2) is 0 Å². The highest BCUT2D eigenvalue weighted by atomic mass is 16.5. The molecule has 0 aromatic heterocycles. The van der Waals surface area contributed by atoms with Crippen LogP contribution in [0.5, 0.6) is 0 Å². The van der Waals surface area contributed by atoms with E-state index in [2.05, 4.69) is 13.8 Å². The van der Waals surface area contributed by atoms with Crippen LogP contribution in [0.2, 0.25) is 0 Å². The summed E-state index contributed by atoms with van der Waals surface area (Å²) in [6.45, 7) is 5.12. The minimum absolute atomic E-state index is 0.129. The fourth-order valence-corrected chi connectivity index (χ4v) is 2.98. The predicted molar refractivity (Wildman–Crippen MR) is 60.2 cm³/mol. The Labute approximate surface area is 88.2 Å². The normalized spacial score (nSPS) is 32.6. The van der Waals surface area contributed by atoms with Crippen LogP contribution in [0.4, 0.5) is 0 Å². The average Bonchev–Trinajstić information content (AvgIpc) is 2.18. The standard InChI is InChI=1S/C12H25NO/c1-4-10-7-5-6-8-11(10)12(2,13)9-14-3/h10-11H,4-9,13H2,1-3H3. The molecule has 1 saturated carbocycles. The van der Waals surface area contributed by atoms with Gasteiger partial charge in [-0.3, -0.25) is 0 Å². The van der Waals surface area contributed by atoms with Crippen LogP contribution in [0.1, 0.15) is 46.0 Å². The van der Waals surface area contributed by atoms with Crippen molar-refractivity contribution in [1.82, 2.24) is 0 Å². The molecule has 0 aromatic rings. The number of hydrogen-bond donors (Lipinski definition) is 1. The minimum atomic E-state index is -0.129. The monoisotopic (exact) mass is 199 g/mol. The lowest BCUT2D eigenvalue weighted by atomic mass is 9.69. The molecule has 0 bridgehead atoms. The molecule has 0 aromatic carbocycles. The zero-order chi connectivity index (χ0) is 10.6. The number of nitrogens with two attached hydrogens (primary N) is 1. The summed E-state index contributed by atoms with van der Waals surface area (Å²) in [5.41, 5.74) is 6.21. The van der Waals surface area contributed by atoms with Gasteiger partial charge in [-0.05, 0) is 25.2 Å². The van der Waals surface area contributed by atoms with Crippen molar-refractivity contribution < 1.29 is 4.74 Å². The summed E-state index contributed by atoms with van der Waals surface area (Å²) in [7, 11) is 1.74. The summed E-state index contributed by atoms with van der Waals surface area (Å²) >= 11 is 0. The highest BCUT2D eigenvalue weighted by molar-refractivity contribution is 4.92. The predicted octanol–water partition coefficient (Wildman–Crippen LogP) is 2.57. The zero-order valence-corrected chi connectivity index (χ0v) is 9.88. The molecule has 0 heterocycles. The molecule has 3 atom stereocenters. The molecule has 1 rings (SSSR count). The molecule has 0 spiro atoms. The molecule has 0 amide bonds. The Hall–Kier alpha value is -0.0800.